The first-order valence-corrected chi connectivity index (χ1v) is 5.98. The lowest BCUT2D eigenvalue weighted by Gasteiger charge is -2.17. The lowest BCUT2D eigenvalue weighted by molar-refractivity contribution is -0.139. The van der Waals surface area contributed by atoms with E-state index in [4.69, 9.17) is 0 Å². The molecule has 2 rings (SSSR count). The van der Waals surface area contributed by atoms with E-state index in [1.807, 2.05) is 0 Å². The highest BCUT2D eigenvalue weighted by atomic mass is 19.4. The zero-order chi connectivity index (χ0) is 18.4. The molecule has 24 heavy (non-hydrogen) atoms. The number of benzene rings is 2. The zero-order valence-corrected chi connectivity index (χ0v) is 11.1. The molecule has 0 saturated heterocycles. The maximum Gasteiger partial charge on any atom is 0.416 e. The van der Waals surface area contributed by atoms with Crippen molar-refractivity contribution >= 4 is 0 Å². The monoisotopic (exact) mass is 362 g/mol. The Balaban J connectivity index is 2.95. The Bertz CT molecular complexity index is 762. The lowest BCUT2D eigenvalue weighted by atomic mass is 9.94. The number of halogens is 10. The Labute approximate surface area is 127 Å². The molecule has 0 N–H and O–H groups in total. The van der Waals surface area contributed by atoms with Gasteiger partial charge in [-0.3, -0.25) is 0 Å². The number of alkyl halides is 5. The summed E-state index contributed by atoms with van der Waals surface area (Å²) in [5.74, 6) is -12.5. The molecule has 0 unspecified atom stereocenters. The predicted molar refractivity (Wildman–Crippen MR) is 61.6 cm³/mol. The molecule has 130 valence electrons. The van der Waals surface area contributed by atoms with Crippen molar-refractivity contribution in [3.63, 3.8) is 0 Å². The van der Waals surface area contributed by atoms with Gasteiger partial charge >= 0.3 is 6.18 Å². The quantitative estimate of drug-likeness (QED) is 0.349. The summed E-state index contributed by atoms with van der Waals surface area (Å²) in [4.78, 5) is 0. The van der Waals surface area contributed by atoms with E-state index in [0.29, 0.717) is 12.1 Å². The second kappa shape index (κ2) is 5.99. The van der Waals surface area contributed by atoms with Crippen LogP contribution in [0.25, 0.3) is 11.1 Å². The summed E-state index contributed by atoms with van der Waals surface area (Å²) < 4.78 is 131. The fourth-order valence-corrected chi connectivity index (χ4v) is 2.11. The van der Waals surface area contributed by atoms with Gasteiger partial charge in [0.15, 0.2) is 23.3 Å². The van der Waals surface area contributed by atoms with Crippen LogP contribution >= 0.6 is 0 Å². The summed E-state index contributed by atoms with van der Waals surface area (Å²) in [5.41, 5.74) is -7.12. The van der Waals surface area contributed by atoms with Gasteiger partial charge in [0.2, 0.25) is 5.82 Å². The van der Waals surface area contributed by atoms with Crippen LogP contribution in [0.4, 0.5) is 43.9 Å². The van der Waals surface area contributed by atoms with Crippen molar-refractivity contribution in [3.8, 4) is 11.1 Å². The lowest BCUT2D eigenvalue weighted by Crippen LogP contribution is -2.12. The molecule has 0 aliphatic heterocycles. The third-order valence-corrected chi connectivity index (χ3v) is 3.11. The minimum absolute atomic E-state index is 0.205. The Kier molecular flexibility index (Phi) is 4.51. The molecular formula is C14H4F10. The van der Waals surface area contributed by atoms with Gasteiger partial charge in [0.25, 0.3) is 6.43 Å². The second-order valence-corrected chi connectivity index (χ2v) is 4.51. The van der Waals surface area contributed by atoms with Crippen molar-refractivity contribution in [2.24, 2.45) is 0 Å². The molecule has 2 aromatic carbocycles. The number of rotatable bonds is 2. The Morgan fingerprint density at radius 3 is 1.58 bits per heavy atom. The molecule has 0 saturated carbocycles. The molecule has 0 heterocycles. The maximum atomic E-state index is 13.7. The minimum atomic E-state index is -5.33. The van der Waals surface area contributed by atoms with E-state index in [1.165, 1.54) is 0 Å². The van der Waals surface area contributed by atoms with Crippen LogP contribution in [0.3, 0.4) is 0 Å². The molecule has 0 aliphatic carbocycles. The Hall–Kier alpha value is -2.26. The first-order valence-electron chi connectivity index (χ1n) is 5.98. The highest BCUT2D eigenvalue weighted by molar-refractivity contribution is 5.71. The van der Waals surface area contributed by atoms with Crippen molar-refractivity contribution < 1.29 is 43.9 Å². The van der Waals surface area contributed by atoms with Gasteiger partial charge in [0.1, 0.15) is 0 Å². The van der Waals surface area contributed by atoms with Gasteiger partial charge in [0, 0.05) is 5.56 Å². The summed E-state index contributed by atoms with van der Waals surface area (Å²) >= 11 is 0. The van der Waals surface area contributed by atoms with Crippen LogP contribution in [-0.2, 0) is 6.18 Å². The molecule has 0 aromatic heterocycles. The van der Waals surface area contributed by atoms with Gasteiger partial charge in [-0.05, 0) is 11.6 Å². The average molecular weight is 362 g/mol. The van der Waals surface area contributed by atoms with Crippen molar-refractivity contribution in [3.05, 3.63) is 58.4 Å². The van der Waals surface area contributed by atoms with Crippen LogP contribution in [-0.4, -0.2) is 0 Å². The summed E-state index contributed by atoms with van der Waals surface area (Å²) in [5, 5.41) is 0. The Morgan fingerprint density at radius 2 is 1.17 bits per heavy atom. The van der Waals surface area contributed by atoms with Crippen molar-refractivity contribution in [1.29, 1.82) is 0 Å². The van der Waals surface area contributed by atoms with Gasteiger partial charge in [-0.15, -0.1) is 0 Å². The maximum absolute atomic E-state index is 13.7. The van der Waals surface area contributed by atoms with E-state index in [-0.39, 0.29) is 6.07 Å². The first kappa shape index (κ1) is 18.1. The van der Waals surface area contributed by atoms with E-state index in [1.54, 1.807) is 0 Å². The van der Waals surface area contributed by atoms with Crippen LogP contribution in [0.2, 0.25) is 0 Å². The smallest absolute Gasteiger partial charge is 0.205 e. The normalized spacial score (nSPS) is 12.1. The summed E-state index contributed by atoms with van der Waals surface area (Å²) in [6.07, 6.45) is -9.21. The fourth-order valence-electron chi connectivity index (χ4n) is 2.11. The van der Waals surface area contributed by atoms with Crippen LogP contribution in [0, 0.1) is 29.1 Å². The van der Waals surface area contributed by atoms with Gasteiger partial charge < -0.3 is 0 Å². The van der Waals surface area contributed by atoms with Gasteiger partial charge in [-0.25, -0.2) is 30.7 Å². The minimum Gasteiger partial charge on any atom is -0.205 e. The van der Waals surface area contributed by atoms with Crippen LogP contribution in [0.5, 0.6) is 0 Å². The third-order valence-electron chi connectivity index (χ3n) is 3.11. The molecule has 0 nitrogen and oxygen atoms in total. The molecule has 0 spiro atoms. The van der Waals surface area contributed by atoms with E-state index in [0.717, 1.165) is 0 Å². The predicted octanol–water partition coefficient (Wildman–Crippen LogP) is 6.01. The Morgan fingerprint density at radius 1 is 0.708 bits per heavy atom. The SMILES string of the molecule is Fc1c(F)c(F)c(-c2cccc(C(F)(F)F)c2C(F)F)c(F)c1F. The highest BCUT2D eigenvalue weighted by Gasteiger charge is 2.38. The van der Waals surface area contributed by atoms with Crippen molar-refractivity contribution in [1.82, 2.24) is 0 Å². The molecule has 0 aliphatic rings. The summed E-state index contributed by atoms with van der Waals surface area (Å²) in [6.45, 7) is 0. The molecule has 0 amide bonds. The molecule has 0 fully saturated rings. The van der Waals surface area contributed by atoms with Gasteiger partial charge in [0.05, 0.1) is 11.1 Å². The second-order valence-electron chi connectivity index (χ2n) is 4.51. The van der Waals surface area contributed by atoms with E-state index in [9.17, 15) is 43.9 Å². The average Bonchev–Trinajstić information content (AvgIpc) is 2.50. The van der Waals surface area contributed by atoms with E-state index >= 15 is 0 Å². The number of hydrogen-bond donors (Lipinski definition) is 0. The van der Waals surface area contributed by atoms with Crippen LogP contribution < -0.4 is 0 Å². The molecule has 0 atom stereocenters. The van der Waals surface area contributed by atoms with Crippen LogP contribution in [0.1, 0.15) is 17.6 Å². The highest BCUT2D eigenvalue weighted by Crippen LogP contribution is 2.43. The van der Waals surface area contributed by atoms with Crippen molar-refractivity contribution in [2.75, 3.05) is 0 Å². The van der Waals surface area contributed by atoms with Crippen LogP contribution in [0.15, 0.2) is 18.2 Å². The summed E-state index contributed by atoms with van der Waals surface area (Å²) in [7, 11) is 0. The van der Waals surface area contributed by atoms with E-state index in [2.05, 4.69) is 0 Å². The third kappa shape index (κ3) is 2.80. The number of hydrogen-bond acceptors (Lipinski definition) is 0. The topological polar surface area (TPSA) is 0 Å². The van der Waals surface area contributed by atoms with E-state index < -0.39 is 63.9 Å². The molecular weight excluding hydrogens is 358 g/mol. The fraction of sp³-hybridized carbons (Fsp3) is 0.143. The first-order chi connectivity index (χ1) is 11.0. The zero-order valence-electron chi connectivity index (χ0n) is 11.1. The molecule has 0 bridgehead atoms. The molecule has 0 radical (unpaired) electrons. The van der Waals surface area contributed by atoms with Gasteiger partial charge in [-0.2, -0.15) is 13.2 Å². The standard InChI is InChI=1S/C14H4F10/c15-8-7(9(16)11(18)12(19)10(8)17)4-2-1-3-5(14(22,23)24)6(4)13(20)21/h1-3,13H. The van der Waals surface area contributed by atoms with Gasteiger partial charge in [-0.1, -0.05) is 12.1 Å². The summed E-state index contributed by atoms with van der Waals surface area (Å²) in [6, 6.07) is 1.13. The van der Waals surface area contributed by atoms with Crippen molar-refractivity contribution in [2.45, 2.75) is 12.6 Å². The largest absolute Gasteiger partial charge is 0.416 e. The molecule has 10 heteroatoms. The molecule has 2 aromatic rings.